The second-order valence-electron chi connectivity index (χ2n) is 7.43. The lowest BCUT2D eigenvalue weighted by Gasteiger charge is -2.32. The molecule has 0 saturated carbocycles. The molecule has 2 amide bonds. The number of amides is 2. The van der Waals surface area contributed by atoms with E-state index in [0.717, 1.165) is 29.1 Å². The molecule has 3 aromatic rings. The molecule has 1 aromatic heterocycles. The third-order valence-electron chi connectivity index (χ3n) is 5.28. The second-order valence-corrected chi connectivity index (χ2v) is 9.19. The molecule has 0 spiro atoms. The Bertz CT molecular complexity index is 1090. The second kappa shape index (κ2) is 9.81. The van der Waals surface area contributed by atoms with Gasteiger partial charge in [0, 0.05) is 29.6 Å². The van der Waals surface area contributed by atoms with Gasteiger partial charge in [-0.3, -0.25) is 9.59 Å². The summed E-state index contributed by atoms with van der Waals surface area (Å²) in [6, 6.07) is 14.8. The highest BCUT2D eigenvalue weighted by atomic mass is 35.5. The molecule has 8 heteroatoms. The Labute approximate surface area is 195 Å². The van der Waals surface area contributed by atoms with Gasteiger partial charge in [-0.15, -0.1) is 11.3 Å². The minimum atomic E-state index is -0.242. The predicted molar refractivity (Wildman–Crippen MR) is 124 cm³/mol. The van der Waals surface area contributed by atoms with Crippen molar-refractivity contribution in [3.8, 4) is 11.3 Å². The van der Waals surface area contributed by atoms with E-state index in [1.54, 1.807) is 23.1 Å². The average molecular weight is 474 g/mol. The fourth-order valence-electron chi connectivity index (χ4n) is 3.63. The van der Waals surface area contributed by atoms with Crippen LogP contribution >= 0.6 is 34.5 Å². The summed E-state index contributed by atoms with van der Waals surface area (Å²) in [7, 11) is 0. The first kappa shape index (κ1) is 21.8. The van der Waals surface area contributed by atoms with Crippen LogP contribution in [-0.2, 0) is 11.3 Å². The number of carbonyl (C=O) groups excluding carboxylic acids is 2. The lowest BCUT2D eigenvalue weighted by molar-refractivity contribution is -0.126. The topological polar surface area (TPSA) is 62.3 Å². The summed E-state index contributed by atoms with van der Waals surface area (Å²) in [6.45, 7) is 1.39. The van der Waals surface area contributed by atoms with Crippen LogP contribution in [0.25, 0.3) is 11.3 Å². The van der Waals surface area contributed by atoms with E-state index in [1.165, 1.54) is 11.3 Å². The van der Waals surface area contributed by atoms with Crippen LogP contribution in [0.3, 0.4) is 0 Å². The van der Waals surface area contributed by atoms with E-state index >= 15 is 0 Å². The molecule has 5 nitrogen and oxygen atoms in total. The molecule has 1 atom stereocenters. The molecule has 1 unspecified atom stereocenters. The van der Waals surface area contributed by atoms with Gasteiger partial charge in [0.15, 0.2) is 0 Å². The molecule has 160 valence electrons. The van der Waals surface area contributed by atoms with Gasteiger partial charge in [0.05, 0.1) is 28.2 Å². The Morgan fingerprint density at radius 3 is 2.71 bits per heavy atom. The van der Waals surface area contributed by atoms with E-state index in [0.29, 0.717) is 35.2 Å². The molecular formula is C23H21Cl2N3O2S. The van der Waals surface area contributed by atoms with Crippen molar-refractivity contribution < 1.29 is 9.59 Å². The number of nitrogens with zero attached hydrogens (tertiary/aromatic N) is 2. The zero-order valence-electron chi connectivity index (χ0n) is 16.7. The fraction of sp³-hybridized carbons (Fsp3) is 0.261. The van der Waals surface area contributed by atoms with Crippen LogP contribution in [0.1, 0.15) is 28.2 Å². The molecule has 2 aromatic carbocycles. The maximum Gasteiger partial charge on any atom is 0.253 e. The van der Waals surface area contributed by atoms with Crippen molar-refractivity contribution in [2.45, 2.75) is 19.4 Å². The predicted octanol–water partition coefficient (Wildman–Crippen LogP) is 5.29. The maximum atomic E-state index is 12.8. The molecule has 0 bridgehead atoms. The van der Waals surface area contributed by atoms with Gasteiger partial charge >= 0.3 is 0 Å². The molecule has 1 aliphatic heterocycles. The van der Waals surface area contributed by atoms with Crippen LogP contribution in [0.15, 0.2) is 53.9 Å². The van der Waals surface area contributed by atoms with Gasteiger partial charge in [-0.2, -0.15) is 0 Å². The monoisotopic (exact) mass is 473 g/mol. The van der Waals surface area contributed by atoms with Crippen molar-refractivity contribution in [2.24, 2.45) is 5.92 Å². The molecule has 1 fully saturated rings. The first-order chi connectivity index (χ1) is 15.0. The SMILES string of the molecule is O=C(NCc1nc(-c2ccccc2)cs1)C1CCCN(C(=O)c2ccc(Cl)c(Cl)c2)C1. The fourth-order valence-corrected chi connectivity index (χ4v) is 4.67. The highest BCUT2D eigenvalue weighted by Crippen LogP contribution is 2.25. The van der Waals surface area contributed by atoms with E-state index in [-0.39, 0.29) is 17.7 Å². The van der Waals surface area contributed by atoms with Crippen LogP contribution in [0.2, 0.25) is 10.0 Å². The number of nitrogens with one attached hydrogen (secondary N) is 1. The average Bonchev–Trinajstić information content (AvgIpc) is 3.28. The van der Waals surface area contributed by atoms with Crippen molar-refractivity contribution in [1.82, 2.24) is 15.2 Å². The molecule has 1 saturated heterocycles. The summed E-state index contributed by atoms with van der Waals surface area (Å²) < 4.78 is 0. The van der Waals surface area contributed by atoms with Crippen LogP contribution in [0.4, 0.5) is 0 Å². The molecule has 0 radical (unpaired) electrons. The Morgan fingerprint density at radius 2 is 1.94 bits per heavy atom. The highest BCUT2D eigenvalue weighted by molar-refractivity contribution is 7.09. The van der Waals surface area contributed by atoms with E-state index in [4.69, 9.17) is 23.2 Å². The van der Waals surface area contributed by atoms with Crippen molar-refractivity contribution in [3.05, 3.63) is 74.5 Å². The summed E-state index contributed by atoms with van der Waals surface area (Å²) in [4.78, 5) is 31.9. The number of halogens is 2. The quantitative estimate of drug-likeness (QED) is 0.547. The van der Waals surface area contributed by atoms with Crippen LogP contribution in [-0.4, -0.2) is 34.8 Å². The molecule has 1 N–H and O–H groups in total. The van der Waals surface area contributed by atoms with Gasteiger partial charge in [-0.05, 0) is 31.0 Å². The minimum Gasteiger partial charge on any atom is -0.349 e. The van der Waals surface area contributed by atoms with Crippen molar-refractivity contribution in [1.29, 1.82) is 0 Å². The van der Waals surface area contributed by atoms with Crippen LogP contribution in [0.5, 0.6) is 0 Å². The summed E-state index contributed by atoms with van der Waals surface area (Å²) in [5.41, 5.74) is 2.44. The Kier molecular flexibility index (Phi) is 6.90. The van der Waals surface area contributed by atoms with Gasteiger partial charge in [0.1, 0.15) is 5.01 Å². The molecule has 0 aliphatic carbocycles. The molecule has 1 aliphatic rings. The number of piperidine rings is 1. The lowest BCUT2D eigenvalue weighted by Crippen LogP contribution is -2.45. The number of benzene rings is 2. The third-order valence-corrected chi connectivity index (χ3v) is 6.87. The molecule has 31 heavy (non-hydrogen) atoms. The number of hydrogen-bond donors (Lipinski definition) is 1. The van der Waals surface area contributed by atoms with Gasteiger partial charge in [0.25, 0.3) is 5.91 Å². The number of thiazole rings is 1. The van der Waals surface area contributed by atoms with E-state index in [2.05, 4.69) is 10.3 Å². The zero-order valence-corrected chi connectivity index (χ0v) is 19.0. The van der Waals surface area contributed by atoms with Gasteiger partial charge < -0.3 is 10.2 Å². The molecule has 4 rings (SSSR count). The third kappa shape index (κ3) is 5.26. The number of hydrogen-bond acceptors (Lipinski definition) is 4. The van der Waals surface area contributed by atoms with E-state index in [1.807, 2.05) is 35.7 Å². The Balaban J connectivity index is 1.34. The smallest absolute Gasteiger partial charge is 0.253 e. The van der Waals surface area contributed by atoms with Gasteiger partial charge in [-0.1, -0.05) is 53.5 Å². The van der Waals surface area contributed by atoms with Crippen LogP contribution < -0.4 is 5.32 Å². The van der Waals surface area contributed by atoms with E-state index < -0.39 is 0 Å². The Hall–Kier alpha value is -2.41. The Morgan fingerprint density at radius 1 is 1.13 bits per heavy atom. The highest BCUT2D eigenvalue weighted by Gasteiger charge is 2.29. The van der Waals surface area contributed by atoms with Gasteiger partial charge in [0.2, 0.25) is 5.91 Å². The summed E-state index contributed by atoms with van der Waals surface area (Å²) in [5.74, 6) is -0.430. The number of carbonyl (C=O) groups is 2. The standard InChI is InChI=1S/C23H21Cl2N3O2S/c24-18-9-8-16(11-19(18)25)23(30)28-10-4-7-17(13-28)22(29)26-12-21-27-20(14-31-21)15-5-2-1-3-6-15/h1-3,5-6,8-9,11,14,17H,4,7,10,12-13H2,(H,26,29). The lowest BCUT2D eigenvalue weighted by atomic mass is 9.96. The molecule has 2 heterocycles. The normalized spacial score (nSPS) is 16.2. The molecular weight excluding hydrogens is 453 g/mol. The summed E-state index contributed by atoms with van der Waals surface area (Å²) in [6.07, 6.45) is 1.53. The first-order valence-electron chi connectivity index (χ1n) is 10.0. The van der Waals surface area contributed by atoms with Crippen molar-refractivity contribution >= 4 is 46.4 Å². The van der Waals surface area contributed by atoms with Crippen molar-refractivity contribution in [3.63, 3.8) is 0 Å². The summed E-state index contributed by atoms with van der Waals surface area (Å²) in [5, 5.41) is 6.58. The minimum absolute atomic E-state index is 0.0527. The maximum absolute atomic E-state index is 12.8. The number of likely N-dealkylation sites (tertiary alicyclic amines) is 1. The summed E-state index contributed by atoms with van der Waals surface area (Å²) >= 11 is 13.5. The zero-order chi connectivity index (χ0) is 21.8. The largest absolute Gasteiger partial charge is 0.349 e. The number of rotatable bonds is 5. The van der Waals surface area contributed by atoms with Crippen molar-refractivity contribution in [2.75, 3.05) is 13.1 Å². The first-order valence-corrected chi connectivity index (χ1v) is 11.7. The number of aromatic nitrogens is 1. The van der Waals surface area contributed by atoms with Crippen LogP contribution in [0, 0.1) is 5.92 Å². The van der Waals surface area contributed by atoms with Gasteiger partial charge in [-0.25, -0.2) is 4.98 Å². The van der Waals surface area contributed by atoms with E-state index in [9.17, 15) is 9.59 Å².